The average molecular weight is 388 g/mol. The molecule has 1 aromatic heterocycles. The Morgan fingerprint density at radius 2 is 2.18 bits per heavy atom. The number of hydrogen-bond donors (Lipinski definition) is 1. The van der Waals surface area contributed by atoms with Crippen LogP contribution in [0.2, 0.25) is 0 Å². The number of fused-ring (bicyclic) bond motifs is 1. The molecule has 2 aliphatic rings. The van der Waals surface area contributed by atoms with Crippen LogP contribution >= 0.6 is 0 Å². The van der Waals surface area contributed by atoms with E-state index in [4.69, 9.17) is 9.72 Å². The first kappa shape index (κ1) is 20.9. The molecule has 1 saturated heterocycles. The van der Waals surface area contributed by atoms with E-state index in [1.54, 1.807) is 0 Å². The standard InChI is InChI=1S/C23H37N3O2/c1-17(19-13-15-26(16-19)22(27)28-23(2,3)4)8-5-6-10-20-12-11-18-9-7-14-24-21(18)25-20/h11-12,17,19H,5-10,13-16H2,1-4H3,(H,24,25). The van der Waals surface area contributed by atoms with Crippen molar-refractivity contribution in [3.63, 3.8) is 0 Å². The van der Waals surface area contributed by atoms with Crippen molar-refractivity contribution in [1.82, 2.24) is 9.88 Å². The van der Waals surface area contributed by atoms with Crippen molar-refractivity contribution in [2.45, 2.75) is 78.2 Å². The van der Waals surface area contributed by atoms with Gasteiger partial charge in [0, 0.05) is 25.3 Å². The highest BCUT2D eigenvalue weighted by molar-refractivity contribution is 5.68. The zero-order valence-electron chi connectivity index (χ0n) is 18.1. The molecule has 2 aliphatic heterocycles. The van der Waals surface area contributed by atoms with Gasteiger partial charge in [0.1, 0.15) is 11.4 Å². The molecule has 1 aromatic rings. The maximum absolute atomic E-state index is 12.2. The van der Waals surface area contributed by atoms with Crippen molar-refractivity contribution in [1.29, 1.82) is 0 Å². The van der Waals surface area contributed by atoms with Gasteiger partial charge in [0.25, 0.3) is 0 Å². The molecule has 3 heterocycles. The molecule has 0 aromatic carbocycles. The lowest BCUT2D eigenvalue weighted by Crippen LogP contribution is -2.35. The largest absolute Gasteiger partial charge is 0.444 e. The predicted octanol–water partition coefficient (Wildman–Crippen LogP) is 5.05. The summed E-state index contributed by atoms with van der Waals surface area (Å²) in [4.78, 5) is 18.9. The van der Waals surface area contributed by atoms with Crippen molar-refractivity contribution >= 4 is 11.9 Å². The van der Waals surface area contributed by atoms with E-state index in [1.807, 2.05) is 25.7 Å². The van der Waals surface area contributed by atoms with Crippen LogP contribution < -0.4 is 5.32 Å². The van der Waals surface area contributed by atoms with E-state index in [2.05, 4.69) is 24.4 Å². The number of rotatable bonds is 6. The van der Waals surface area contributed by atoms with Crippen LogP contribution in [0.3, 0.4) is 0 Å². The summed E-state index contributed by atoms with van der Waals surface area (Å²) in [6, 6.07) is 4.45. The quantitative estimate of drug-likeness (QED) is 0.694. The molecule has 1 N–H and O–H groups in total. The lowest BCUT2D eigenvalue weighted by Gasteiger charge is -2.25. The molecule has 0 aliphatic carbocycles. The third kappa shape index (κ3) is 5.86. The van der Waals surface area contributed by atoms with Crippen LogP contribution in [0.15, 0.2) is 12.1 Å². The molecule has 1 amide bonds. The topological polar surface area (TPSA) is 54.5 Å². The second-order valence-corrected chi connectivity index (χ2v) is 9.54. The second-order valence-electron chi connectivity index (χ2n) is 9.54. The first-order valence-electron chi connectivity index (χ1n) is 11.0. The third-order valence-corrected chi connectivity index (χ3v) is 5.98. The van der Waals surface area contributed by atoms with Crippen LogP contribution in [0.4, 0.5) is 10.6 Å². The minimum atomic E-state index is -0.416. The van der Waals surface area contributed by atoms with Gasteiger partial charge in [-0.1, -0.05) is 25.8 Å². The summed E-state index contributed by atoms with van der Waals surface area (Å²) >= 11 is 0. The van der Waals surface area contributed by atoms with Crippen molar-refractivity contribution < 1.29 is 9.53 Å². The van der Waals surface area contributed by atoms with Crippen molar-refractivity contribution in [3.05, 3.63) is 23.4 Å². The second kappa shape index (κ2) is 9.15. The highest BCUT2D eigenvalue weighted by atomic mass is 16.6. The van der Waals surface area contributed by atoms with Gasteiger partial charge >= 0.3 is 6.09 Å². The van der Waals surface area contributed by atoms with Crippen LogP contribution in [-0.4, -0.2) is 41.2 Å². The number of likely N-dealkylation sites (tertiary alicyclic amines) is 1. The fourth-order valence-corrected chi connectivity index (χ4v) is 4.26. The van der Waals surface area contributed by atoms with Crippen molar-refractivity contribution in [3.8, 4) is 0 Å². The summed E-state index contributed by atoms with van der Waals surface area (Å²) in [7, 11) is 0. The average Bonchev–Trinajstić information content (AvgIpc) is 3.14. The molecular formula is C23H37N3O2. The summed E-state index contributed by atoms with van der Waals surface area (Å²) in [6.45, 7) is 10.8. The number of anilines is 1. The fraction of sp³-hybridized carbons (Fsp3) is 0.739. The number of pyridine rings is 1. The van der Waals surface area contributed by atoms with Crippen LogP contribution in [0.5, 0.6) is 0 Å². The molecule has 0 bridgehead atoms. The van der Waals surface area contributed by atoms with Crippen LogP contribution in [0.1, 0.15) is 71.1 Å². The predicted molar refractivity (Wildman–Crippen MR) is 114 cm³/mol. The SMILES string of the molecule is CC(CCCCc1ccc2c(n1)NCCC2)C1CCN(C(=O)OC(C)(C)C)C1. The van der Waals surface area contributed by atoms with Gasteiger partial charge in [-0.15, -0.1) is 0 Å². The summed E-state index contributed by atoms with van der Waals surface area (Å²) in [5.41, 5.74) is 2.15. The molecule has 0 radical (unpaired) electrons. The molecule has 0 spiro atoms. The zero-order chi connectivity index (χ0) is 20.1. The van der Waals surface area contributed by atoms with Gasteiger partial charge in [-0.05, 0) is 76.3 Å². The minimum absolute atomic E-state index is 0.158. The lowest BCUT2D eigenvalue weighted by atomic mass is 9.88. The number of aryl methyl sites for hydroxylation is 2. The van der Waals surface area contributed by atoms with Gasteiger partial charge in [-0.25, -0.2) is 9.78 Å². The van der Waals surface area contributed by atoms with E-state index in [9.17, 15) is 4.79 Å². The first-order valence-corrected chi connectivity index (χ1v) is 11.0. The number of hydrogen-bond acceptors (Lipinski definition) is 4. The molecule has 0 saturated carbocycles. The Kier molecular flexibility index (Phi) is 6.84. The van der Waals surface area contributed by atoms with E-state index in [1.165, 1.54) is 36.9 Å². The maximum atomic E-state index is 12.2. The minimum Gasteiger partial charge on any atom is -0.444 e. The molecule has 2 atom stereocenters. The van der Waals surface area contributed by atoms with Gasteiger partial charge in [0.2, 0.25) is 0 Å². The van der Waals surface area contributed by atoms with Gasteiger partial charge in [-0.3, -0.25) is 0 Å². The highest BCUT2D eigenvalue weighted by Gasteiger charge is 2.32. The number of nitrogens with zero attached hydrogens (tertiary/aromatic N) is 2. The Labute approximate surface area is 170 Å². The Bertz CT molecular complexity index is 668. The summed E-state index contributed by atoms with van der Waals surface area (Å²) < 4.78 is 5.51. The van der Waals surface area contributed by atoms with Crippen molar-refractivity contribution in [2.75, 3.05) is 25.0 Å². The van der Waals surface area contributed by atoms with E-state index in [0.29, 0.717) is 11.8 Å². The number of unbranched alkanes of at least 4 members (excludes halogenated alkanes) is 1. The van der Waals surface area contributed by atoms with E-state index in [0.717, 1.165) is 44.7 Å². The number of nitrogens with one attached hydrogen (secondary N) is 1. The Morgan fingerprint density at radius 1 is 1.36 bits per heavy atom. The number of aromatic nitrogens is 1. The molecule has 1 fully saturated rings. The zero-order valence-corrected chi connectivity index (χ0v) is 18.1. The van der Waals surface area contributed by atoms with Gasteiger partial charge < -0.3 is 15.0 Å². The Balaban J connectivity index is 1.37. The molecule has 5 nitrogen and oxygen atoms in total. The highest BCUT2D eigenvalue weighted by Crippen LogP contribution is 2.29. The van der Waals surface area contributed by atoms with Crippen LogP contribution in [-0.2, 0) is 17.6 Å². The van der Waals surface area contributed by atoms with Gasteiger partial charge in [0.05, 0.1) is 0 Å². The molecule has 3 rings (SSSR count). The monoisotopic (exact) mass is 387 g/mol. The Morgan fingerprint density at radius 3 is 2.96 bits per heavy atom. The third-order valence-electron chi connectivity index (χ3n) is 5.98. The van der Waals surface area contributed by atoms with Gasteiger partial charge in [0.15, 0.2) is 0 Å². The molecular weight excluding hydrogens is 350 g/mol. The van der Waals surface area contributed by atoms with Crippen LogP contribution in [0.25, 0.3) is 0 Å². The molecule has 28 heavy (non-hydrogen) atoms. The summed E-state index contributed by atoms with van der Waals surface area (Å²) in [5, 5.41) is 3.42. The summed E-state index contributed by atoms with van der Waals surface area (Å²) in [5.74, 6) is 2.34. The summed E-state index contributed by atoms with van der Waals surface area (Å²) in [6.07, 6.45) is 7.96. The van der Waals surface area contributed by atoms with Crippen molar-refractivity contribution in [2.24, 2.45) is 11.8 Å². The maximum Gasteiger partial charge on any atom is 0.410 e. The number of ether oxygens (including phenoxy) is 1. The van der Waals surface area contributed by atoms with Crippen LogP contribution in [0, 0.1) is 11.8 Å². The van der Waals surface area contributed by atoms with Gasteiger partial charge in [-0.2, -0.15) is 0 Å². The molecule has 5 heteroatoms. The van der Waals surface area contributed by atoms with E-state index >= 15 is 0 Å². The number of carbonyl (C=O) groups excluding carboxylic acids is 1. The Hall–Kier alpha value is -1.78. The van der Waals surface area contributed by atoms with E-state index in [-0.39, 0.29) is 6.09 Å². The lowest BCUT2D eigenvalue weighted by molar-refractivity contribution is 0.0284. The smallest absolute Gasteiger partial charge is 0.410 e. The first-order chi connectivity index (χ1) is 13.3. The number of amides is 1. The fourth-order valence-electron chi connectivity index (χ4n) is 4.26. The number of carbonyl (C=O) groups is 1. The molecule has 156 valence electrons. The van der Waals surface area contributed by atoms with E-state index < -0.39 is 5.60 Å². The normalized spacial score (nSPS) is 20.4. The molecule has 2 unspecified atom stereocenters.